The molecule has 1 fully saturated rings. The molecule has 27 heavy (non-hydrogen) atoms. The van der Waals surface area contributed by atoms with E-state index in [0.717, 1.165) is 44.9 Å². The molecule has 1 aliphatic rings. The van der Waals surface area contributed by atoms with Gasteiger partial charge < -0.3 is 16.0 Å². The van der Waals surface area contributed by atoms with E-state index in [1.54, 1.807) is 7.05 Å². The van der Waals surface area contributed by atoms with Crippen molar-refractivity contribution >= 4 is 11.9 Å². The zero-order valence-electron chi connectivity index (χ0n) is 17.0. The molecule has 0 aromatic heterocycles. The molecule has 1 aromatic carbocycles. The molecule has 0 bridgehead atoms. The molecule has 1 aliphatic heterocycles. The smallest absolute Gasteiger partial charge is 0.221 e. The van der Waals surface area contributed by atoms with Crippen molar-refractivity contribution in [1.82, 2.24) is 20.9 Å². The molecule has 2 rings (SSSR count). The number of piperidine rings is 1. The molecular formula is C21H35N5O. The number of amides is 1. The molecule has 6 nitrogen and oxygen atoms in total. The normalized spacial score (nSPS) is 17.4. The van der Waals surface area contributed by atoms with Crippen molar-refractivity contribution in [3.63, 3.8) is 0 Å². The lowest BCUT2D eigenvalue weighted by Gasteiger charge is -2.33. The SMILES string of the molecule is CCC(C)NC(=O)CCNC(=NC)NC1CCN(Cc2ccccc2)CC1. The van der Waals surface area contributed by atoms with E-state index in [2.05, 4.69) is 63.1 Å². The summed E-state index contributed by atoms with van der Waals surface area (Å²) in [6.07, 6.45) is 3.61. The van der Waals surface area contributed by atoms with Crippen molar-refractivity contribution in [3.05, 3.63) is 35.9 Å². The fourth-order valence-electron chi connectivity index (χ4n) is 3.21. The summed E-state index contributed by atoms with van der Waals surface area (Å²) in [5.41, 5.74) is 1.37. The number of nitrogens with one attached hydrogen (secondary N) is 3. The minimum absolute atomic E-state index is 0.0847. The summed E-state index contributed by atoms with van der Waals surface area (Å²) < 4.78 is 0. The van der Waals surface area contributed by atoms with Crippen LogP contribution < -0.4 is 16.0 Å². The highest BCUT2D eigenvalue weighted by atomic mass is 16.1. The van der Waals surface area contributed by atoms with Crippen molar-refractivity contribution in [2.45, 2.75) is 58.2 Å². The highest BCUT2D eigenvalue weighted by Crippen LogP contribution is 2.13. The van der Waals surface area contributed by atoms with Crippen LogP contribution in [0.1, 0.15) is 45.1 Å². The summed E-state index contributed by atoms with van der Waals surface area (Å²) in [4.78, 5) is 18.6. The number of rotatable bonds is 8. The van der Waals surface area contributed by atoms with Crippen LogP contribution in [0.3, 0.4) is 0 Å². The number of guanidine groups is 1. The average Bonchev–Trinajstić information content (AvgIpc) is 2.69. The molecule has 150 valence electrons. The third kappa shape index (κ3) is 7.99. The lowest BCUT2D eigenvalue weighted by atomic mass is 10.0. The summed E-state index contributed by atoms with van der Waals surface area (Å²) in [7, 11) is 1.78. The third-order valence-corrected chi connectivity index (χ3v) is 5.07. The monoisotopic (exact) mass is 373 g/mol. The number of hydrogen-bond donors (Lipinski definition) is 3. The molecule has 1 heterocycles. The Hall–Kier alpha value is -2.08. The van der Waals surface area contributed by atoms with E-state index in [0.29, 0.717) is 19.0 Å². The number of carbonyl (C=O) groups is 1. The van der Waals surface area contributed by atoms with Crippen LogP contribution in [0, 0.1) is 0 Å². The number of nitrogens with zero attached hydrogens (tertiary/aromatic N) is 2. The first kappa shape index (κ1) is 21.2. The van der Waals surface area contributed by atoms with E-state index in [4.69, 9.17) is 0 Å². The second kappa shape index (κ2) is 11.6. The van der Waals surface area contributed by atoms with Crippen LogP contribution >= 0.6 is 0 Å². The molecular weight excluding hydrogens is 338 g/mol. The van der Waals surface area contributed by atoms with Gasteiger partial charge in [0, 0.05) is 51.7 Å². The molecule has 0 aliphatic carbocycles. The van der Waals surface area contributed by atoms with E-state index in [-0.39, 0.29) is 11.9 Å². The minimum atomic E-state index is 0.0847. The van der Waals surface area contributed by atoms with Gasteiger partial charge in [0.25, 0.3) is 0 Å². The highest BCUT2D eigenvalue weighted by molar-refractivity contribution is 5.81. The molecule has 0 spiro atoms. The van der Waals surface area contributed by atoms with E-state index in [1.807, 2.05) is 6.92 Å². The van der Waals surface area contributed by atoms with Gasteiger partial charge in [-0.05, 0) is 31.7 Å². The Kier molecular flexibility index (Phi) is 9.11. The van der Waals surface area contributed by atoms with Crippen LogP contribution in [0.5, 0.6) is 0 Å². The lowest BCUT2D eigenvalue weighted by molar-refractivity contribution is -0.121. The Bertz CT molecular complexity index is 581. The Morgan fingerprint density at radius 2 is 1.96 bits per heavy atom. The van der Waals surface area contributed by atoms with Gasteiger partial charge in [0.2, 0.25) is 5.91 Å². The molecule has 1 amide bonds. The van der Waals surface area contributed by atoms with Crippen molar-refractivity contribution < 1.29 is 4.79 Å². The van der Waals surface area contributed by atoms with Gasteiger partial charge in [0.1, 0.15) is 0 Å². The maximum Gasteiger partial charge on any atom is 0.221 e. The lowest BCUT2D eigenvalue weighted by Crippen LogP contribution is -2.49. The van der Waals surface area contributed by atoms with Crippen LogP contribution in [-0.2, 0) is 11.3 Å². The van der Waals surface area contributed by atoms with Gasteiger partial charge in [-0.2, -0.15) is 0 Å². The second-order valence-corrected chi connectivity index (χ2v) is 7.31. The fourth-order valence-corrected chi connectivity index (χ4v) is 3.21. The minimum Gasteiger partial charge on any atom is -0.356 e. The number of aliphatic imine (C=N–C) groups is 1. The Morgan fingerprint density at radius 1 is 1.26 bits per heavy atom. The fraction of sp³-hybridized carbons (Fsp3) is 0.619. The van der Waals surface area contributed by atoms with Gasteiger partial charge in [-0.3, -0.25) is 14.7 Å². The Balaban J connectivity index is 1.65. The molecule has 0 radical (unpaired) electrons. The van der Waals surface area contributed by atoms with Crippen LogP contribution in [0.4, 0.5) is 0 Å². The van der Waals surface area contributed by atoms with Crippen molar-refractivity contribution in [2.24, 2.45) is 4.99 Å². The summed E-state index contributed by atoms with van der Waals surface area (Å²) in [5, 5.41) is 9.73. The van der Waals surface area contributed by atoms with Crippen LogP contribution in [0.15, 0.2) is 35.3 Å². The van der Waals surface area contributed by atoms with Crippen molar-refractivity contribution in [2.75, 3.05) is 26.7 Å². The second-order valence-electron chi connectivity index (χ2n) is 7.31. The summed E-state index contributed by atoms with van der Waals surface area (Å²) >= 11 is 0. The summed E-state index contributed by atoms with van der Waals surface area (Å²) in [6.45, 7) is 7.87. The molecule has 1 unspecified atom stereocenters. The van der Waals surface area contributed by atoms with Crippen molar-refractivity contribution in [1.29, 1.82) is 0 Å². The average molecular weight is 374 g/mol. The molecule has 6 heteroatoms. The quantitative estimate of drug-likeness (QED) is 0.482. The first-order chi connectivity index (χ1) is 13.1. The van der Waals surface area contributed by atoms with Crippen LogP contribution in [0.25, 0.3) is 0 Å². The molecule has 1 saturated heterocycles. The zero-order chi connectivity index (χ0) is 19.5. The number of benzene rings is 1. The Morgan fingerprint density at radius 3 is 2.59 bits per heavy atom. The third-order valence-electron chi connectivity index (χ3n) is 5.07. The topological polar surface area (TPSA) is 68.8 Å². The van der Waals surface area contributed by atoms with Crippen LogP contribution in [-0.4, -0.2) is 55.5 Å². The molecule has 3 N–H and O–H groups in total. The molecule has 0 saturated carbocycles. The molecule has 1 atom stereocenters. The number of carbonyl (C=O) groups excluding carboxylic acids is 1. The highest BCUT2D eigenvalue weighted by Gasteiger charge is 2.20. The predicted octanol–water partition coefficient (Wildman–Crippen LogP) is 2.12. The summed E-state index contributed by atoms with van der Waals surface area (Å²) in [5.74, 6) is 0.870. The van der Waals surface area contributed by atoms with E-state index in [9.17, 15) is 4.79 Å². The first-order valence-corrected chi connectivity index (χ1v) is 10.1. The molecule has 1 aromatic rings. The van der Waals surface area contributed by atoms with Gasteiger partial charge in [-0.15, -0.1) is 0 Å². The maximum absolute atomic E-state index is 11.8. The van der Waals surface area contributed by atoms with Gasteiger partial charge in [0.15, 0.2) is 5.96 Å². The van der Waals surface area contributed by atoms with Crippen LogP contribution in [0.2, 0.25) is 0 Å². The van der Waals surface area contributed by atoms with E-state index >= 15 is 0 Å². The first-order valence-electron chi connectivity index (χ1n) is 10.1. The van der Waals surface area contributed by atoms with Crippen molar-refractivity contribution in [3.8, 4) is 0 Å². The van der Waals surface area contributed by atoms with E-state index in [1.165, 1.54) is 5.56 Å². The van der Waals surface area contributed by atoms with Gasteiger partial charge in [-0.25, -0.2) is 0 Å². The Labute approximate surface area is 163 Å². The van der Waals surface area contributed by atoms with Gasteiger partial charge >= 0.3 is 0 Å². The zero-order valence-corrected chi connectivity index (χ0v) is 17.0. The standard InChI is InChI=1S/C21H35N5O/c1-4-17(2)24-20(27)10-13-23-21(22-3)25-19-11-14-26(15-12-19)16-18-8-6-5-7-9-18/h5-9,17,19H,4,10-16H2,1-3H3,(H,24,27)(H2,22,23,25). The van der Waals surface area contributed by atoms with Gasteiger partial charge in [0.05, 0.1) is 0 Å². The van der Waals surface area contributed by atoms with E-state index < -0.39 is 0 Å². The predicted molar refractivity (Wildman–Crippen MR) is 112 cm³/mol. The maximum atomic E-state index is 11.8. The summed E-state index contributed by atoms with van der Waals surface area (Å²) in [6, 6.07) is 11.3. The number of likely N-dealkylation sites (tertiary alicyclic amines) is 1. The number of hydrogen-bond acceptors (Lipinski definition) is 3. The van der Waals surface area contributed by atoms with Gasteiger partial charge in [-0.1, -0.05) is 37.3 Å². The largest absolute Gasteiger partial charge is 0.356 e.